The highest BCUT2D eigenvalue weighted by molar-refractivity contribution is 5.97. The zero-order valence-electron chi connectivity index (χ0n) is 16.6. The molecule has 1 amide bonds. The Kier molecular flexibility index (Phi) is 4.26. The third-order valence-electron chi connectivity index (χ3n) is 5.71. The number of carbonyl (C=O) groups excluding carboxylic acids is 1. The fourth-order valence-electron chi connectivity index (χ4n) is 4.53. The van der Waals surface area contributed by atoms with E-state index < -0.39 is 0 Å². The highest BCUT2D eigenvalue weighted by Gasteiger charge is 2.43. The van der Waals surface area contributed by atoms with E-state index in [0.717, 1.165) is 30.2 Å². The van der Waals surface area contributed by atoms with Crippen molar-refractivity contribution in [3.63, 3.8) is 0 Å². The van der Waals surface area contributed by atoms with Crippen molar-refractivity contribution < 1.29 is 4.79 Å². The molecule has 0 N–H and O–H groups in total. The Labute approximate surface area is 169 Å². The van der Waals surface area contributed by atoms with Crippen molar-refractivity contribution in [2.75, 3.05) is 18.0 Å². The molecule has 2 bridgehead atoms. The Morgan fingerprint density at radius 1 is 1.03 bits per heavy atom. The lowest BCUT2D eigenvalue weighted by atomic mass is 10.1. The van der Waals surface area contributed by atoms with Crippen LogP contribution in [-0.4, -0.2) is 60.7 Å². The van der Waals surface area contributed by atoms with Gasteiger partial charge in [-0.3, -0.25) is 4.79 Å². The van der Waals surface area contributed by atoms with Crippen molar-refractivity contribution in [3.05, 3.63) is 59.8 Å². The summed E-state index contributed by atoms with van der Waals surface area (Å²) in [5.74, 6) is 1.36. The number of fused-ring (bicyclic) bond motifs is 2. The number of carbonyl (C=O) groups is 1. The molecule has 0 radical (unpaired) electrons. The van der Waals surface area contributed by atoms with E-state index in [1.165, 1.54) is 0 Å². The van der Waals surface area contributed by atoms with Gasteiger partial charge in [0, 0.05) is 55.2 Å². The van der Waals surface area contributed by atoms with Gasteiger partial charge in [0.1, 0.15) is 0 Å². The van der Waals surface area contributed by atoms with Gasteiger partial charge in [-0.1, -0.05) is 0 Å². The van der Waals surface area contributed by atoms with Crippen LogP contribution in [0.2, 0.25) is 0 Å². The number of hydrogen-bond acceptors (Lipinski definition) is 6. The topological polar surface area (TPSA) is 80.0 Å². The molecule has 2 atom stereocenters. The van der Waals surface area contributed by atoms with Crippen molar-refractivity contribution in [1.82, 2.24) is 29.6 Å². The van der Waals surface area contributed by atoms with Gasteiger partial charge in [0.25, 0.3) is 5.91 Å². The number of pyridine rings is 1. The van der Waals surface area contributed by atoms with Crippen molar-refractivity contribution in [2.45, 2.75) is 38.8 Å². The number of hydrogen-bond donors (Lipinski definition) is 0. The van der Waals surface area contributed by atoms with Gasteiger partial charge < -0.3 is 9.80 Å². The predicted molar refractivity (Wildman–Crippen MR) is 108 cm³/mol. The van der Waals surface area contributed by atoms with Crippen molar-refractivity contribution in [2.24, 2.45) is 0 Å². The zero-order valence-corrected chi connectivity index (χ0v) is 16.6. The molecule has 2 saturated heterocycles. The van der Waals surface area contributed by atoms with E-state index >= 15 is 0 Å². The third-order valence-corrected chi connectivity index (χ3v) is 5.71. The molecule has 8 heteroatoms. The number of anilines is 1. The second-order valence-electron chi connectivity index (χ2n) is 7.78. The number of likely N-dealkylation sites (tertiary alicyclic amines) is 1. The highest BCUT2D eigenvalue weighted by Crippen LogP contribution is 2.34. The maximum Gasteiger partial charge on any atom is 0.257 e. The Morgan fingerprint density at radius 3 is 2.41 bits per heavy atom. The summed E-state index contributed by atoms with van der Waals surface area (Å²) in [7, 11) is 0. The number of aryl methyl sites for hydroxylation is 2. The monoisotopic (exact) mass is 389 g/mol. The summed E-state index contributed by atoms with van der Waals surface area (Å²) in [5, 5.41) is 4.24. The largest absolute Gasteiger partial charge is 0.334 e. The summed E-state index contributed by atoms with van der Waals surface area (Å²) < 4.78 is 1.64. The average molecular weight is 389 g/mol. The van der Waals surface area contributed by atoms with Crippen LogP contribution in [0.4, 0.5) is 5.95 Å². The lowest BCUT2D eigenvalue weighted by molar-refractivity contribution is 0.0716. The number of amides is 1. The maximum absolute atomic E-state index is 13.4. The van der Waals surface area contributed by atoms with E-state index in [1.807, 2.05) is 36.9 Å². The maximum atomic E-state index is 13.4. The zero-order chi connectivity index (χ0) is 20.0. The molecule has 5 rings (SSSR count). The van der Waals surface area contributed by atoms with Crippen LogP contribution in [0.5, 0.6) is 0 Å². The number of aromatic nitrogens is 5. The van der Waals surface area contributed by atoms with Crippen molar-refractivity contribution in [1.29, 1.82) is 0 Å². The molecular weight excluding hydrogens is 366 g/mol. The normalized spacial score (nSPS) is 20.9. The molecule has 148 valence electrons. The van der Waals surface area contributed by atoms with Crippen molar-refractivity contribution >= 4 is 11.9 Å². The Balaban J connectivity index is 1.41. The number of piperazine rings is 1. The van der Waals surface area contributed by atoms with Gasteiger partial charge in [-0.2, -0.15) is 5.10 Å². The lowest BCUT2D eigenvalue weighted by Gasteiger charge is -2.41. The minimum Gasteiger partial charge on any atom is -0.334 e. The average Bonchev–Trinajstić information content (AvgIpc) is 3.33. The van der Waals surface area contributed by atoms with Gasteiger partial charge in [0.2, 0.25) is 5.95 Å². The van der Waals surface area contributed by atoms with Crippen LogP contribution in [-0.2, 0) is 0 Å². The molecule has 5 heterocycles. The first-order chi connectivity index (χ1) is 14.1. The molecule has 29 heavy (non-hydrogen) atoms. The molecule has 8 nitrogen and oxygen atoms in total. The Morgan fingerprint density at radius 2 is 1.76 bits per heavy atom. The standard InChI is InChI=1S/C21H23N7O/c1-14-11-15(2)25-21(24-14)28-16-6-7-17(28)13-26(12-16)20(29)18-5-3-8-22-19(18)27-10-4-9-23-27/h3-5,8-11,16-17H,6-7,12-13H2,1-2H3. The second kappa shape index (κ2) is 6.95. The van der Waals surface area contributed by atoms with Crippen LogP contribution in [0, 0.1) is 13.8 Å². The molecule has 3 aromatic heterocycles. The van der Waals surface area contributed by atoms with Crippen LogP contribution in [0.1, 0.15) is 34.6 Å². The first-order valence-electron chi connectivity index (χ1n) is 9.95. The summed E-state index contributed by atoms with van der Waals surface area (Å²) in [6.07, 6.45) is 7.27. The van der Waals surface area contributed by atoms with Crippen LogP contribution < -0.4 is 4.90 Å². The first-order valence-corrected chi connectivity index (χ1v) is 9.95. The summed E-state index contributed by atoms with van der Waals surface area (Å²) in [6, 6.07) is 7.92. The van der Waals surface area contributed by atoms with E-state index in [2.05, 4.69) is 25.0 Å². The molecular formula is C21H23N7O. The molecule has 2 fully saturated rings. The van der Waals surface area contributed by atoms with E-state index in [-0.39, 0.29) is 18.0 Å². The van der Waals surface area contributed by atoms with E-state index in [1.54, 1.807) is 29.3 Å². The molecule has 0 aromatic carbocycles. The van der Waals surface area contributed by atoms with E-state index in [4.69, 9.17) is 0 Å². The van der Waals surface area contributed by atoms with Crippen LogP contribution in [0.25, 0.3) is 5.82 Å². The first kappa shape index (κ1) is 17.8. The number of nitrogens with zero attached hydrogens (tertiary/aromatic N) is 7. The fourth-order valence-corrected chi connectivity index (χ4v) is 4.53. The minimum absolute atomic E-state index is 0.00138. The third kappa shape index (κ3) is 3.14. The quantitative estimate of drug-likeness (QED) is 0.683. The SMILES string of the molecule is Cc1cc(C)nc(N2C3CCC2CN(C(=O)c2cccnc2-n2cccn2)C3)n1. The molecule has 0 saturated carbocycles. The summed E-state index contributed by atoms with van der Waals surface area (Å²) >= 11 is 0. The molecule has 2 aliphatic heterocycles. The molecule has 3 aromatic rings. The Hall–Kier alpha value is -3.29. The van der Waals surface area contributed by atoms with E-state index in [0.29, 0.717) is 24.5 Å². The minimum atomic E-state index is 0.00138. The molecule has 2 unspecified atom stereocenters. The van der Waals surface area contributed by atoms with E-state index in [9.17, 15) is 4.79 Å². The number of rotatable bonds is 3. The fraction of sp³-hybridized carbons (Fsp3) is 0.381. The van der Waals surface area contributed by atoms with Gasteiger partial charge >= 0.3 is 0 Å². The van der Waals surface area contributed by atoms with Gasteiger partial charge in [-0.05, 0) is 51.0 Å². The molecule has 0 aliphatic carbocycles. The lowest BCUT2D eigenvalue weighted by Crippen LogP contribution is -2.56. The second-order valence-corrected chi connectivity index (χ2v) is 7.78. The molecule has 2 aliphatic rings. The summed E-state index contributed by atoms with van der Waals surface area (Å²) in [6.45, 7) is 5.33. The highest BCUT2D eigenvalue weighted by atomic mass is 16.2. The van der Waals surface area contributed by atoms with Gasteiger partial charge in [0.05, 0.1) is 5.56 Å². The van der Waals surface area contributed by atoms with Crippen LogP contribution >= 0.6 is 0 Å². The van der Waals surface area contributed by atoms with Gasteiger partial charge in [-0.15, -0.1) is 0 Å². The van der Waals surface area contributed by atoms with Crippen LogP contribution in [0.3, 0.4) is 0 Å². The molecule has 0 spiro atoms. The summed E-state index contributed by atoms with van der Waals surface area (Å²) in [5.41, 5.74) is 2.53. The predicted octanol–water partition coefficient (Wildman–Crippen LogP) is 2.17. The van der Waals surface area contributed by atoms with Crippen molar-refractivity contribution in [3.8, 4) is 5.82 Å². The Bertz CT molecular complexity index is 1010. The van der Waals surface area contributed by atoms with Crippen LogP contribution in [0.15, 0.2) is 42.9 Å². The van der Waals surface area contributed by atoms with Gasteiger partial charge in [-0.25, -0.2) is 19.6 Å². The summed E-state index contributed by atoms with van der Waals surface area (Å²) in [4.78, 5) is 31.4. The van der Waals surface area contributed by atoms with Gasteiger partial charge in [0.15, 0.2) is 5.82 Å². The smallest absolute Gasteiger partial charge is 0.257 e.